The Labute approximate surface area is 677 Å². The summed E-state index contributed by atoms with van der Waals surface area (Å²) in [6.45, 7) is 82.5. The van der Waals surface area contributed by atoms with Crippen molar-refractivity contribution in [2.75, 3.05) is 0 Å². The molecule has 10 rings (SSSR count). The molecular formula is C93H163N17. The van der Waals surface area contributed by atoms with Gasteiger partial charge in [0.05, 0.1) is 17.6 Å². The normalized spacial score (nSPS) is 8.82. The third-order valence-electron chi connectivity index (χ3n) is 12.4. The topological polar surface area (TPSA) is 219 Å². The summed E-state index contributed by atoms with van der Waals surface area (Å²) >= 11 is 0. The molecule has 0 unspecified atom stereocenters. The van der Waals surface area contributed by atoms with Gasteiger partial charge in [-0.3, -0.25) is 19.9 Å². The van der Waals surface area contributed by atoms with Crippen molar-refractivity contribution in [2.45, 2.75) is 336 Å². The highest BCUT2D eigenvalue weighted by Crippen LogP contribution is 2.15. The minimum absolute atomic E-state index is 0.396. The Hall–Kier alpha value is -8.99. The molecule has 10 aromatic rings. The standard InChI is InChI=1S/C9H12.2C8H11N.6C7H10N2.C6H9N3.10C2H6/c1-8(2)9-6-4-3-5-7-9;1-7(2)8-3-5-9-6-4-8;1-7(2)8-4-3-5-9-6-8;1-6(2)7-3-8-5-9-4-7;1-6(2)7-5-8-3-4-9-7;1-6(2)7-3-4-8-5-9-7;1-6(2)7-3-4-8-9-5-7;1-6(2)7-8-4-3-5-9-7;1-6(2)7-4-3-5-8-9-7;1-5(2)6-8-3-7-4-9-6;10*1-2/h3-8H,1-2H3;2*3-7H,1-2H3;6*3-6H,1-2H3;3-5H,1-2H3;10*1-2H3. The second kappa shape index (κ2) is 96.1. The van der Waals surface area contributed by atoms with Gasteiger partial charge in [-0.1, -0.05) is 313 Å². The molecule has 1 aromatic carbocycles. The van der Waals surface area contributed by atoms with Gasteiger partial charge in [-0.05, 0) is 124 Å². The van der Waals surface area contributed by atoms with Crippen LogP contribution in [0, 0.1) is 0 Å². The monoisotopic (exact) mass is 1520 g/mol. The molecular weight excluding hydrogens is 1360 g/mol. The minimum atomic E-state index is 0.396. The van der Waals surface area contributed by atoms with Gasteiger partial charge in [-0.15, -0.1) is 0 Å². The van der Waals surface area contributed by atoms with E-state index in [-0.39, 0.29) is 0 Å². The van der Waals surface area contributed by atoms with Gasteiger partial charge in [0.25, 0.3) is 0 Å². The highest BCUT2D eigenvalue weighted by Gasteiger charge is 2.02. The summed E-state index contributed by atoms with van der Waals surface area (Å²) in [4.78, 5) is 51.4. The van der Waals surface area contributed by atoms with Crippen LogP contribution >= 0.6 is 0 Å². The summed E-state index contributed by atoms with van der Waals surface area (Å²) in [5.41, 5.74) is 9.71. The SMILES string of the molecule is CC.CC.CC.CC.CC.CC.CC.CC.CC.CC.CC(C)c1ccccc1.CC(C)c1cccnc1.CC(C)c1cccnn1.CC(C)c1ccncc1.CC(C)c1ccncn1.CC(C)c1ccnnc1.CC(C)c1cnccn1.CC(C)c1cncnc1.CC(C)c1ncccn1.CC(C)c1ncncn1. The summed E-state index contributed by atoms with van der Waals surface area (Å²) < 4.78 is 0. The molecule has 620 valence electrons. The van der Waals surface area contributed by atoms with E-state index >= 15 is 0 Å². The third-order valence-corrected chi connectivity index (χ3v) is 12.4. The van der Waals surface area contributed by atoms with E-state index in [0.717, 1.165) is 28.7 Å². The third kappa shape index (κ3) is 77.2. The minimum Gasteiger partial charge on any atom is -0.265 e. The molecule has 0 N–H and O–H groups in total. The van der Waals surface area contributed by atoms with Crippen LogP contribution in [0.25, 0.3) is 0 Å². The Bertz CT molecular complexity index is 2420. The van der Waals surface area contributed by atoms with Crippen molar-refractivity contribution < 1.29 is 0 Å². The first-order valence-corrected chi connectivity index (χ1v) is 41.1. The predicted molar refractivity (Wildman–Crippen MR) is 481 cm³/mol. The van der Waals surface area contributed by atoms with Crippen LogP contribution in [0.3, 0.4) is 0 Å². The number of benzene rings is 1. The van der Waals surface area contributed by atoms with Crippen molar-refractivity contribution >= 4 is 0 Å². The van der Waals surface area contributed by atoms with E-state index in [9.17, 15) is 0 Å². The summed E-state index contributed by atoms with van der Waals surface area (Å²) in [7, 11) is 0. The number of nitrogens with zero attached hydrogens (tertiary/aromatic N) is 17. The van der Waals surface area contributed by atoms with Crippen LogP contribution in [0.1, 0.15) is 393 Å². The van der Waals surface area contributed by atoms with Crippen LogP contribution in [0.2, 0.25) is 0 Å². The second-order valence-electron chi connectivity index (χ2n) is 23.4. The van der Waals surface area contributed by atoms with Gasteiger partial charge in [-0.25, -0.2) is 44.9 Å². The summed E-state index contributed by atoms with van der Waals surface area (Å²) in [6.07, 6.45) is 32.9. The molecule has 0 radical (unpaired) electrons. The van der Waals surface area contributed by atoms with Gasteiger partial charge in [0.2, 0.25) is 0 Å². The van der Waals surface area contributed by atoms with E-state index in [0.29, 0.717) is 59.2 Å². The van der Waals surface area contributed by atoms with Crippen molar-refractivity contribution in [2.24, 2.45) is 0 Å². The zero-order chi connectivity index (χ0) is 86.9. The van der Waals surface area contributed by atoms with Gasteiger partial charge >= 0.3 is 0 Å². The Morgan fingerprint density at radius 1 is 0.182 bits per heavy atom. The fraction of sp³-hybridized carbons (Fsp3) is 0.538. The van der Waals surface area contributed by atoms with Gasteiger partial charge in [0.1, 0.15) is 37.0 Å². The van der Waals surface area contributed by atoms with Crippen LogP contribution in [0.15, 0.2) is 203 Å². The molecule has 110 heavy (non-hydrogen) atoms. The smallest absolute Gasteiger partial charge is 0.134 e. The Kier molecular flexibility index (Phi) is 107. The largest absolute Gasteiger partial charge is 0.265 e. The molecule has 9 heterocycles. The number of rotatable bonds is 10. The van der Waals surface area contributed by atoms with E-state index in [1.54, 1.807) is 74.6 Å². The van der Waals surface area contributed by atoms with Crippen molar-refractivity contribution in [3.05, 3.63) is 260 Å². The Balaban J connectivity index is -0.000000123. The van der Waals surface area contributed by atoms with Gasteiger partial charge in [0, 0.05) is 104 Å². The number of hydrogen-bond donors (Lipinski definition) is 0. The second-order valence-corrected chi connectivity index (χ2v) is 23.4. The summed E-state index contributed by atoms with van der Waals surface area (Å²) in [5, 5.41) is 15.1. The van der Waals surface area contributed by atoms with Crippen LogP contribution in [0.4, 0.5) is 0 Å². The van der Waals surface area contributed by atoms with Gasteiger partial charge < -0.3 is 0 Å². The molecule has 9 aromatic heterocycles. The highest BCUT2D eigenvalue weighted by atomic mass is 15.1. The van der Waals surface area contributed by atoms with E-state index < -0.39 is 0 Å². The lowest BCUT2D eigenvalue weighted by Crippen LogP contribution is -1.95. The molecule has 0 fully saturated rings. The number of aromatic nitrogens is 17. The molecule has 0 aliphatic heterocycles. The van der Waals surface area contributed by atoms with Crippen LogP contribution in [-0.2, 0) is 0 Å². The zero-order valence-electron chi connectivity index (χ0n) is 77.4. The van der Waals surface area contributed by atoms with Crippen LogP contribution < -0.4 is 0 Å². The summed E-state index contributed by atoms with van der Waals surface area (Å²) in [5.74, 6) is 7.04. The molecule has 0 atom stereocenters. The maximum atomic E-state index is 4.12. The predicted octanol–water partition coefficient (Wildman–Crippen LogP) is 28.1. The van der Waals surface area contributed by atoms with E-state index in [1.165, 1.54) is 40.5 Å². The molecule has 0 spiro atoms. The quantitative estimate of drug-likeness (QED) is 0.124. The van der Waals surface area contributed by atoms with Gasteiger partial charge in [-0.2, -0.15) is 20.4 Å². The molecule has 0 aliphatic rings. The zero-order valence-corrected chi connectivity index (χ0v) is 77.4. The van der Waals surface area contributed by atoms with E-state index in [1.807, 2.05) is 224 Å². The molecule has 0 bridgehead atoms. The molecule has 0 saturated carbocycles. The van der Waals surface area contributed by atoms with Crippen molar-refractivity contribution in [1.82, 2.24) is 85.2 Å². The highest BCUT2D eigenvalue weighted by molar-refractivity contribution is 5.18. The molecule has 0 saturated heterocycles. The lowest BCUT2D eigenvalue weighted by molar-refractivity contribution is 0.759. The maximum Gasteiger partial charge on any atom is 0.134 e. The lowest BCUT2D eigenvalue weighted by atomic mass is 10.0. The molecule has 17 heteroatoms. The molecule has 0 aliphatic carbocycles. The average Bonchev–Trinajstić information content (AvgIpc) is 1.12. The first kappa shape index (κ1) is 122. The van der Waals surface area contributed by atoms with E-state index in [4.69, 9.17) is 0 Å². The maximum absolute atomic E-state index is 4.12. The van der Waals surface area contributed by atoms with Crippen LogP contribution in [-0.4, -0.2) is 85.2 Å². The first-order chi connectivity index (χ1) is 53.0. The van der Waals surface area contributed by atoms with Crippen molar-refractivity contribution in [1.29, 1.82) is 0 Å². The molecule has 17 nitrogen and oxygen atoms in total. The fourth-order valence-electron chi connectivity index (χ4n) is 6.58. The van der Waals surface area contributed by atoms with Gasteiger partial charge in [0.15, 0.2) is 0 Å². The van der Waals surface area contributed by atoms with Crippen molar-refractivity contribution in [3.63, 3.8) is 0 Å². The van der Waals surface area contributed by atoms with Crippen molar-refractivity contribution in [3.8, 4) is 0 Å². The summed E-state index contributed by atoms with van der Waals surface area (Å²) in [6, 6.07) is 28.3. The number of pyridine rings is 2. The van der Waals surface area contributed by atoms with Crippen LogP contribution in [0.5, 0.6) is 0 Å². The molecule has 0 amide bonds. The van der Waals surface area contributed by atoms with E-state index in [2.05, 4.69) is 254 Å². The average molecular weight is 1520 g/mol. The lowest BCUT2D eigenvalue weighted by Gasteiger charge is -2.01. The fourth-order valence-corrected chi connectivity index (χ4v) is 6.58. The first-order valence-electron chi connectivity index (χ1n) is 41.1. The Morgan fingerprint density at radius 2 is 0.573 bits per heavy atom. The number of hydrogen-bond acceptors (Lipinski definition) is 17. The Morgan fingerprint density at radius 3 is 0.845 bits per heavy atom.